The van der Waals surface area contributed by atoms with Crippen LogP contribution in [0.4, 0.5) is 4.79 Å². The number of likely N-dealkylation sites (tertiary alicyclic amines) is 1. The van der Waals surface area contributed by atoms with Crippen LogP contribution in [-0.4, -0.2) is 47.4 Å². The lowest BCUT2D eigenvalue weighted by molar-refractivity contribution is -0.142. The fourth-order valence-electron chi connectivity index (χ4n) is 2.71. The van der Waals surface area contributed by atoms with Gasteiger partial charge < -0.3 is 19.7 Å². The zero-order valence-electron chi connectivity index (χ0n) is 11.8. The molecule has 1 amide bonds. The van der Waals surface area contributed by atoms with Gasteiger partial charge in [-0.3, -0.25) is 4.90 Å². The smallest absolute Gasteiger partial charge is 0.408 e. The second-order valence-electron chi connectivity index (χ2n) is 4.75. The molecule has 1 aliphatic heterocycles. The van der Waals surface area contributed by atoms with Crippen LogP contribution < -0.4 is 9.47 Å². The minimum atomic E-state index is -1.24. The third-order valence-corrected chi connectivity index (χ3v) is 3.68. The van der Waals surface area contributed by atoms with E-state index in [1.54, 1.807) is 18.2 Å². The number of hydrogen-bond acceptors (Lipinski definition) is 4. The van der Waals surface area contributed by atoms with Crippen LogP contribution in [0.1, 0.15) is 24.4 Å². The molecule has 1 fully saturated rings. The van der Waals surface area contributed by atoms with Gasteiger partial charge in [-0.1, -0.05) is 6.07 Å². The molecule has 1 aromatic carbocycles. The van der Waals surface area contributed by atoms with E-state index in [2.05, 4.69) is 0 Å². The summed E-state index contributed by atoms with van der Waals surface area (Å²) in [6.07, 6.45) is -0.487. The fourth-order valence-corrected chi connectivity index (χ4v) is 2.71. The van der Waals surface area contributed by atoms with Crippen molar-refractivity contribution in [3.8, 4) is 11.5 Å². The van der Waals surface area contributed by atoms with Crippen molar-refractivity contribution in [2.45, 2.75) is 24.9 Å². The summed E-state index contributed by atoms with van der Waals surface area (Å²) in [5.41, 5.74) is 0.693. The van der Waals surface area contributed by atoms with Gasteiger partial charge in [-0.05, 0) is 30.5 Å². The quantitative estimate of drug-likeness (QED) is 0.881. The van der Waals surface area contributed by atoms with Gasteiger partial charge in [-0.15, -0.1) is 0 Å². The molecule has 1 aliphatic rings. The summed E-state index contributed by atoms with van der Waals surface area (Å²) in [7, 11) is 3.00. The lowest BCUT2D eigenvalue weighted by Crippen LogP contribution is -2.40. The van der Waals surface area contributed by atoms with E-state index in [9.17, 15) is 14.7 Å². The van der Waals surface area contributed by atoms with Crippen LogP contribution in [0.25, 0.3) is 0 Å². The number of carbonyl (C=O) groups is 2. The van der Waals surface area contributed by atoms with Gasteiger partial charge in [0, 0.05) is 0 Å². The molecule has 7 heteroatoms. The normalized spacial score (nSPS) is 21.1. The summed E-state index contributed by atoms with van der Waals surface area (Å²) < 4.78 is 10.3. The van der Waals surface area contributed by atoms with Crippen LogP contribution in [0.3, 0.4) is 0 Å². The highest BCUT2D eigenvalue weighted by Crippen LogP contribution is 2.39. The Hall–Kier alpha value is -2.44. The Balaban J connectivity index is 2.36. The maximum atomic E-state index is 11.4. The van der Waals surface area contributed by atoms with Gasteiger partial charge in [-0.25, -0.2) is 9.59 Å². The van der Waals surface area contributed by atoms with Gasteiger partial charge >= 0.3 is 12.1 Å². The van der Waals surface area contributed by atoms with Gasteiger partial charge in [0.05, 0.1) is 20.3 Å². The average Bonchev–Trinajstić information content (AvgIpc) is 2.91. The minimum Gasteiger partial charge on any atom is -0.493 e. The van der Waals surface area contributed by atoms with Gasteiger partial charge in [-0.2, -0.15) is 0 Å². The highest BCUT2D eigenvalue weighted by Gasteiger charge is 2.42. The van der Waals surface area contributed by atoms with E-state index < -0.39 is 24.1 Å². The fraction of sp³-hybridized carbons (Fsp3) is 0.429. The van der Waals surface area contributed by atoms with Crippen molar-refractivity contribution < 1.29 is 29.3 Å². The largest absolute Gasteiger partial charge is 0.493 e. The molecule has 7 nitrogen and oxygen atoms in total. The van der Waals surface area contributed by atoms with Crippen molar-refractivity contribution in [1.82, 2.24) is 4.90 Å². The predicted molar refractivity (Wildman–Crippen MR) is 72.8 cm³/mol. The number of nitrogens with zero attached hydrogens (tertiary/aromatic N) is 1. The number of amides is 1. The second kappa shape index (κ2) is 5.90. The summed E-state index contributed by atoms with van der Waals surface area (Å²) in [5, 5.41) is 18.4. The Morgan fingerprint density at radius 3 is 2.33 bits per heavy atom. The number of rotatable bonds is 4. The monoisotopic (exact) mass is 295 g/mol. The van der Waals surface area contributed by atoms with Crippen LogP contribution in [0.15, 0.2) is 18.2 Å². The van der Waals surface area contributed by atoms with Crippen molar-refractivity contribution >= 4 is 12.1 Å². The SMILES string of the molecule is COc1ccc(C2CCC(C(=O)O)N2C(=O)O)cc1OC. The number of carboxylic acid groups (broad SMARTS) is 2. The highest BCUT2D eigenvalue weighted by molar-refractivity contribution is 5.80. The Kier molecular flexibility index (Phi) is 4.21. The third-order valence-electron chi connectivity index (χ3n) is 3.68. The molecule has 21 heavy (non-hydrogen) atoms. The number of hydrogen-bond donors (Lipinski definition) is 2. The van der Waals surface area contributed by atoms with Gasteiger partial charge in [0.1, 0.15) is 6.04 Å². The molecule has 2 N–H and O–H groups in total. The number of ether oxygens (including phenoxy) is 2. The Morgan fingerprint density at radius 1 is 1.14 bits per heavy atom. The first-order valence-corrected chi connectivity index (χ1v) is 6.45. The first kappa shape index (κ1) is 15.0. The van der Waals surface area contributed by atoms with E-state index in [0.29, 0.717) is 29.9 Å². The van der Waals surface area contributed by atoms with E-state index >= 15 is 0 Å². The molecule has 1 aromatic rings. The number of benzene rings is 1. The van der Waals surface area contributed by atoms with Crippen LogP contribution in [-0.2, 0) is 4.79 Å². The third kappa shape index (κ3) is 2.72. The molecular formula is C14H17NO6. The molecule has 1 saturated heterocycles. The lowest BCUT2D eigenvalue weighted by atomic mass is 10.0. The standard InChI is InChI=1S/C14H17NO6/c1-20-11-6-3-8(7-12(11)21-2)9-4-5-10(13(16)17)15(9)14(18)19/h3,6-7,9-10H,4-5H2,1-2H3,(H,16,17)(H,18,19). The number of carboxylic acids is 1. The van der Waals surface area contributed by atoms with Crippen LogP contribution in [0, 0.1) is 0 Å². The first-order valence-electron chi connectivity index (χ1n) is 6.45. The molecule has 0 saturated carbocycles. The Bertz CT molecular complexity index is 558. The molecule has 0 aliphatic carbocycles. The average molecular weight is 295 g/mol. The summed E-state index contributed by atoms with van der Waals surface area (Å²) in [6, 6.07) is 3.59. The van der Waals surface area contributed by atoms with E-state index in [1.807, 2.05) is 0 Å². The molecule has 2 rings (SSSR count). The van der Waals surface area contributed by atoms with Crippen LogP contribution in [0.2, 0.25) is 0 Å². The van der Waals surface area contributed by atoms with Crippen LogP contribution in [0.5, 0.6) is 11.5 Å². The molecule has 0 radical (unpaired) electrons. The summed E-state index contributed by atoms with van der Waals surface area (Å²) in [4.78, 5) is 23.5. The Morgan fingerprint density at radius 2 is 1.81 bits per heavy atom. The molecule has 2 atom stereocenters. The van der Waals surface area contributed by atoms with E-state index in [0.717, 1.165) is 4.90 Å². The van der Waals surface area contributed by atoms with Gasteiger partial charge in [0.2, 0.25) is 0 Å². The molecular weight excluding hydrogens is 278 g/mol. The molecule has 2 unspecified atom stereocenters. The zero-order chi connectivity index (χ0) is 15.6. The molecule has 1 heterocycles. The maximum Gasteiger partial charge on any atom is 0.408 e. The topological polar surface area (TPSA) is 96.3 Å². The number of methoxy groups -OCH3 is 2. The van der Waals surface area contributed by atoms with Gasteiger partial charge in [0.15, 0.2) is 11.5 Å². The Labute approximate surface area is 121 Å². The van der Waals surface area contributed by atoms with E-state index in [1.165, 1.54) is 14.2 Å². The highest BCUT2D eigenvalue weighted by atomic mass is 16.5. The van der Waals surface area contributed by atoms with Crippen molar-refractivity contribution in [2.24, 2.45) is 0 Å². The molecule has 114 valence electrons. The predicted octanol–water partition coefficient (Wildman–Crippen LogP) is 1.97. The lowest BCUT2D eigenvalue weighted by Gasteiger charge is -2.26. The number of aliphatic carboxylic acids is 1. The maximum absolute atomic E-state index is 11.4. The van der Waals surface area contributed by atoms with Crippen LogP contribution >= 0.6 is 0 Å². The minimum absolute atomic E-state index is 0.292. The first-order chi connectivity index (χ1) is 9.99. The molecule has 0 spiro atoms. The second-order valence-corrected chi connectivity index (χ2v) is 4.75. The summed E-state index contributed by atoms with van der Waals surface area (Å²) >= 11 is 0. The van der Waals surface area contributed by atoms with Crippen molar-refractivity contribution in [1.29, 1.82) is 0 Å². The van der Waals surface area contributed by atoms with E-state index in [-0.39, 0.29) is 0 Å². The zero-order valence-corrected chi connectivity index (χ0v) is 11.8. The van der Waals surface area contributed by atoms with Crippen molar-refractivity contribution in [3.63, 3.8) is 0 Å². The summed E-state index contributed by atoms with van der Waals surface area (Å²) in [5.74, 6) is -0.101. The van der Waals surface area contributed by atoms with Gasteiger partial charge in [0.25, 0.3) is 0 Å². The van der Waals surface area contributed by atoms with E-state index in [4.69, 9.17) is 14.6 Å². The molecule has 0 aromatic heterocycles. The van der Waals surface area contributed by atoms with Crippen molar-refractivity contribution in [2.75, 3.05) is 14.2 Å². The molecule has 0 bridgehead atoms. The summed E-state index contributed by atoms with van der Waals surface area (Å²) in [6.45, 7) is 0. The van der Waals surface area contributed by atoms with Crippen molar-refractivity contribution in [3.05, 3.63) is 23.8 Å².